The summed E-state index contributed by atoms with van der Waals surface area (Å²) in [6, 6.07) is 0. The Kier molecular flexibility index (Phi) is 6.33. The van der Waals surface area contributed by atoms with Crippen LogP contribution in [0.2, 0.25) is 0 Å². The van der Waals surface area contributed by atoms with Crippen LogP contribution in [-0.4, -0.2) is 56.3 Å². The van der Waals surface area contributed by atoms with Gasteiger partial charge in [0.15, 0.2) is 5.56 Å². The summed E-state index contributed by atoms with van der Waals surface area (Å²) in [5.41, 5.74) is 1.18. The molecule has 3 N–H and O–H groups in total. The molecule has 2 aromatic heterocycles. The van der Waals surface area contributed by atoms with E-state index in [0.717, 1.165) is 43.9 Å². The van der Waals surface area contributed by atoms with Gasteiger partial charge in [-0.05, 0) is 40.3 Å². The van der Waals surface area contributed by atoms with E-state index in [0.29, 0.717) is 23.4 Å². The number of likely N-dealkylation sites (N-methyl/N-ethyl adjacent to an activating group) is 1. The number of nitrogens with one attached hydrogen (secondary N) is 1. The largest absolute Gasteiger partial charge is 0.506 e. The second-order valence-electron chi connectivity index (χ2n) is 6.81. The zero-order chi connectivity index (χ0) is 19.0. The normalized spacial score (nSPS) is 12.9. The number of imidazole rings is 1. The van der Waals surface area contributed by atoms with E-state index < -0.39 is 22.8 Å². The highest BCUT2D eigenvalue weighted by Gasteiger charge is 2.28. The van der Waals surface area contributed by atoms with Crippen LogP contribution in [0.3, 0.4) is 0 Å². The van der Waals surface area contributed by atoms with Gasteiger partial charge in [0.05, 0.1) is 5.69 Å². The molecule has 3 rings (SSSR count). The standard InChI is InChI=1S/C18H24N4O4.ClH/c1-4-22-11-7-5-6-10-14(15(11)19-12(22)8-9-21(2)3)20-17(24)13(16(10)23)18(25)26;/h4-9H2,1-3H3,(H,25,26)(H2,20,23,24);1H. The molecule has 0 radical (unpaired) electrons. The van der Waals surface area contributed by atoms with Crippen LogP contribution in [0.15, 0.2) is 4.79 Å². The van der Waals surface area contributed by atoms with Gasteiger partial charge in [-0.1, -0.05) is 0 Å². The van der Waals surface area contributed by atoms with E-state index in [1.807, 2.05) is 14.1 Å². The number of rotatable bonds is 5. The van der Waals surface area contributed by atoms with Crippen molar-refractivity contribution in [2.75, 3.05) is 20.6 Å². The Hall–Kier alpha value is -2.32. The van der Waals surface area contributed by atoms with Crippen molar-refractivity contribution in [1.82, 2.24) is 19.4 Å². The Morgan fingerprint density at radius 2 is 2.04 bits per heavy atom. The summed E-state index contributed by atoms with van der Waals surface area (Å²) < 4.78 is 2.16. The maximum Gasteiger partial charge on any atom is 0.345 e. The molecule has 0 unspecified atom stereocenters. The zero-order valence-corrected chi connectivity index (χ0v) is 16.5. The summed E-state index contributed by atoms with van der Waals surface area (Å²) in [5, 5.41) is 19.6. The van der Waals surface area contributed by atoms with Crippen molar-refractivity contribution in [3.63, 3.8) is 0 Å². The molecule has 0 spiro atoms. The Morgan fingerprint density at radius 1 is 1.33 bits per heavy atom. The average Bonchev–Trinajstić information content (AvgIpc) is 2.82. The number of carboxylic acids is 1. The molecular formula is C18H25ClN4O4. The number of hydrogen-bond acceptors (Lipinski definition) is 5. The van der Waals surface area contributed by atoms with E-state index >= 15 is 0 Å². The third-order valence-corrected chi connectivity index (χ3v) is 4.83. The van der Waals surface area contributed by atoms with E-state index in [2.05, 4.69) is 21.4 Å². The van der Waals surface area contributed by atoms with Crippen LogP contribution in [0.4, 0.5) is 0 Å². The van der Waals surface area contributed by atoms with Crippen LogP contribution in [0.1, 0.15) is 40.8 Å². The Morgan fingerprint density at radius 3 is 2.63 bits per heavy atom. The second-order valence-corrected chi connectivity index (χ2v) is 6.81. The SMILES string of the molecule is CCn1c(CCN(C)C)nc2c1CCCc1c-2[nH]c(=O)c(C(=O)O)c1O.Cl. The molecule has 1 aliphatic rings. The van der Waals surface area contributed by atoms with Crippen LogP contribution < -0.4 is 5.56 Å². The van der Waals surface area contributed by atoms with Crippen LogP contribution in [0, 0.1) is 0 Å². The lowest BCUT2D eigenvalue weighted by Gasteiger charge is -2.12. The van der Waals surface area contributed by atoms with E-state index in [9.17, 15) is 19.8 Å². The summed E-state index contributed by atoms with van der Waals surface area (Å²) in [6.45, 7) is 3.67. The molecule has 0 saturated heterocycles. The first-order valence-corrected chi connectivity index (χ1v) is 8.79. The summed E-state index contributed by atoms with van der Waals surface area (Å²) in [7, 11) is 4.00. The van der Waals surface area contributed by atoms with E-state index in [4.69, 9.17) is 4.98 Å². The fourth-order valence-corrected chi connectivity index (χ4v) is 3.58. The fourth-order valence-electron chi connectivity index (χ4n) is 3.58. The number of H-pyrrole nitrogens is 1. The molecule has 148 valence electrons. The maximum absolute atomic E-state index is 12.2. The van der Waals surface area contributed by atoms with Crippen molar-refractivity contribution in [3.8, 4) is 17.1 Å². The van der Waals surface area contributed by atoms with Gasteiger partial charge >= 0.3 is 5.97 Å². The molecule has 0 aliphatic heterocycles. The van der Waals surface area contributed by atoms with Gasteiger partial charge < -0.3 is 24.7 Å². The minimum Gasteiger partial charge on any atom is -0.506 e. The number of carbonyl (C=O) groups is 1. The van der Waals surface area contributed by atoms with Crippen LogP contribution in [-0.2, 0) is 25.8 Å². The molecule has 0 aromatic carbocycles. The van der Waals surface area contributed by atoms with Crippen molar-refractivity contribution >= 4 is 18.4 Å². The lowest BCUT2D eigenvalue weighted by atomic mass is 10.0. The minimum atomic E-state index is -1.43. The van der Waals surface area contributed by atoms with Crippen molar-refractivity contribution in [2.45, 2.75) is 39.2 Å². The number of fused-ring (bicyclic) bond motifs is 3. The van der Waals surface area contributed by atoms with Crippen LogP contribution >= 0.6 is 12.4 Å². The number of aromatic hydroxyl groups is 1. The van der Waals surface area contributed by atoms with Gasteiger partial charge in [-0.3, -0.25) is 4.79 Å². The molecule has 1 aliphatic carbocycles. The lowest BCUT2D eigenvalue weighted by molar-refractivity contribution is 0.0691. The lowest BCUT2D eigenvalue weighted by Crippen LogP contribution is -2.20. The molecule has 0 saturated carbocycles. The molecule has 0 bridgehead atoms. The molecule has 27 heavy (non-hydrogen) atoms. The molecular weight excluding hydrogens is 372 g/mol. The zero-order valence-electron chi connectivity index (χ0n) is 15.7. The number of aromatic carboxylic acids is 1. The predicted octanol–water partition coefficient (Wildman–Crippen LogP) is 1.68. The topological polar surface area (TPSA) is 111 Å². The van der Waals surface area contributed by atoms with E-state index in [1.54, 1.807) is 0 Å². The molecule has 0 fully saturated rings. The molecule has 0 amide bonds. The fraction of sp³-hybridized carbons (Fsp3) is 0.500. The minimum absolute atomic E-state index is 0. The summed E-state index contributed by atoms with van der Waals surface area (Å²) in [4.78, 5) is 33.0. The van der Waals surface area contributed by atoms with E-state index in [-0.39, 0.29) is 12.4 Å². The predicted molar refractivity (Wildman–Crippen MR) is 104 cm³/mol. The summed E-state index contributed by atoms with van der Waals surface area (Å²) in [5.74, 6) is -0.937. The van der Waals surface area contributed by atoms with Crippen molar-refractivity contribution < 1.29 is 15.0 Å². The number of pyridine rings is 1. The first kappa shape index (κ1) is 21.0. The first-order valence-electron chi connectivity index (χ1n) is 8.79. The number of halogens is 1. The number of nitrogens with zero attached hydrogens (tertiary/aromatic N) is 3. The maximum atomic E-state index is 12.2. The van der Waals surface area contributed by atoms with Gasteiger partial charge in [-0.15, -0.1) is 12.4 Å². The number of carboxylic acid groups (broad SMARTS) is 1. The number of hydrogen-bond donors (Lipinski definition) is 3. The van der Waals surface area contributed by atoms with Crippen LogP contribution in [0.25, 0.3) is 11.4 Å². The van der Waals surface area contributed by atoms with Gasteiger partial charge in [0.25, 0.3) is 5.56 Å². The summed E-state index contributed by atoms with van der Waals surface area (Å²) in [6.07, 6.45) is 2.77. The summed E-state index contributed by atoms with van der Waals surface area (Å²) >= 11 is 0. The first-order chi connectivity index (χ1) is 12.3. The molecule has 8 nitrogen and oxygen atoms in total. The Bertz CT molecular complexity index is 917. The third-order valence-electron chi connectivity index (χ3n) is 4.83. The highest BCUT2D eigenvalue weighted by molar-refractivity contribution is 5.92. The highest BCUT2D eigenvalue weighted by atomic mass is 35.5. The highest BCUT2D eigenvalue weighted by Crippen LogP contribution is 2.35. The quantitative estimate of drug-likeness (QED) is 0.709. The third kappa shape index (κ3) is 3.72. The Balaban J connectivity index is 0.00000261. The van der Waals surface area contributed by atoms with Crippen LogP contribution in [0.5, 0.6) is 5.75 Å². The molecule has 2 aromatic rings. The van der Waals surface area contributed by atoms with E-state index in [1.165, 1.54) is 0 Å². The molecule has 2 heterocycles. The van der Waals surface area contributed by atoms with Crippen molar-refractivity contribution in [3.05, 3.63) is 33.0 Å². The van der Waals surface area contributed by atoms with Gasteiger partial charge in [-0.25, -0.2) is 9.78 Å². The smallest absolute Gasteiger partial charge is 0.345 e. The Labute approximate surface area is 163 Å². The van der Waals surface area contributed by atoms with Crippen molar-refractivity contribution in [2.24, 2.45) is 0 Å². The van der Waals surface area contributed by atoms with Gasteiger partial charge in [0, 0.05) is 30.8 Å². The molecule has 9 heteroatoms. The van der Waals surface area contributed by atoms with Crippen molar-refractivity contribution in [1.29, 1.82) is 0 Å². The average molecular weight is 397 g/mol. The number of aromatic amines is 1. The molecule has 0 atom stereocenters. The van der Waals surface area contributed by atoms with Gasteiger partial charge in [-0.2, -0.15) is 0 Å². The monoisotopic (exact) mass is 396 g/mol. The number of aromatic nitrogens is 3. The second kappa shape index (κ2) is 8.14. The van der Waals surface area contributed by atoms with Gasteiger partial charge in [0.1, 0.15) is 17.3 Å². The van der Waals surface area contributed by atoms with Gasteiger partial charge in [0.2, 0.25) is 0 Å².